The lowest BCUT2D eigenvalue weighted by molar-refractivity contribution is 0.669. The highest BCUT2D eigenvalue weighted by molar-refractivity contribution is 6.06. The number of hydrogen-bond acceptors (Lipinski definition) is 3. The van der Waals surface area contributed by atoms with Crippen LogP contribution < -0.4 is 4.90 Å². The quantitative estimate of drug-likeness (QED) is 0.181. The summed E-state index contributed by atoms with van der Waals surface area (Å²) in [6.45, 7) is 0. The Labute approximate surface area is 330 Å². The van der Waals surface area contributed by atoms with E-state index in [1.807, 2.05) is 12.1 Å². The van der Waals surface area contributed by atoms with Crippen LogP contribution in [0.2, 0.25) is 0 Å². The van der Waals surface area contributed by atoms with E-state index in [9.17, 15) is 0 Å². The number of benzene rings is 8. The van der Waals surface area contributed by atoms with Crippen LogP contribution in [0, 0.1) is 0 Å². The van der Waals surface area contributed by atoms with Crippen LogP contribution >= 0.6 is 0 Å². The average Bonchev–Trinajstić information content (AvgIpc) is 3.80. The fourth-order valence-corrected chi connectivity index (χ4v) is 9.63. The summed E-state index contributed by atoms with van der Waals surface area (Å²) in [5, 5.41) is 2.27. The topological polar surface area (TPSA) is 29.3 Å². The zero-order valence-corrected chi connectivity index (χ0v) is 30.9. The van der Waals surface area contributed by atoms with Crippen LogP contribution in [-0.4, -0.2) is 4.98 Å². The van der Waals surface area contributed by atoms with Crippen molar-refractivity contribution in [3.8, 4) is 44.6 Å². The van der Waals surface area contributed by atoms with Gasteiger partial charge in [0.2, 0.25) is 0 Å². The Kier molecular flexibility index (Phi) is 6.84. The fraction of sp³-hybridized carbons (Fsp3) is 0.0185. The van der Waals surface area contributed by atoms with Crippen LogP contribution in [0.5, 0.6) is 0 Å². The summed E-state index contributed by atoms with van der Waals surface area (Å²) in [6.07, 6.45) is 0. The van der Waals surface area contributed by atoms with Gasteiger partial charge < -0.3 is 4.42 Å². The van der Waals surface area contributed by atoms with Crippen molar-refractivity contribution in [1.29, 1.82) is 0 Å². The molecular weight excluding hydrogens is 693 g/mol. The highest BCUT2D eigenvalue weighted by Crippen LogP contribution is 2.63. The van der Waals surface area contributed by atoms with Gasteiger partial charge >= 0.3 is 0 Å². The maximum Gasteiger partial charge on any atom is 0.138 e. The third kappa shape index (κ3) is 4.63. The van der Waals surface area contributed by atoms with Gasteiger partial charge in [0, 0.05) is 16.3 Å². The molecule has 3 heteroatoms. The van der Waals surface area contributed by atoms with Crippen LogP contribution in [0.25, 0.3) is 66.6 Å². The highest BCUT2D eigenvalue weighted by Gasteiger charge is 2.51. The fourth-order valence-electron chi connectivity index (χ4n) is 9.63. The molecule has 12 rings (SSSR count). The third-order valence-corrected chi connectivity index (χ3v) is 12.1. The number of para-hydroxylation sites is 3. The SMILES string of the molecule is c1ccc(-c2cc(-c3ccccc3)nc(N3c4ccccc4C4(c5ccccc5-c5cc(-c6ccc7oc8ccccc8c7c6)ccc54)c4ccccc43)c2)cc1. The first-order valence-corrected chi connectivity index (χ1v) is 19.5. The van der Waals surface area contributed by atoms with Crippen LogP contribution in [0.15, 0.2) is 211 Å². The van der Waals surface area contributed by atoms with E-state index in [0.717, 1.165) is 61.5 Å². The summed E-state index contributed by atoms with van der Waals surface area (Å²) >= 11 is 0. The van der Waals surface area contributed by atoms with E-state index in [0.29, 0.717) is 0 Å². The van der Waals surface area contributed by atoms with Crippen molar-refractivity contribution < 1.29 is 4.42 Å². The van der Waals surface area contributed by atoms with Gasteiger partial charge in [-0.2, -0.15) is 0 Å². The molecule has 0 N–H and O–H groups in total. The van der Waals surface area contributed by atoms with E-state index in [1.54, 1.807) is 0 Å². The molecule has 1 aliphatic heterocycles. The summed E-state index contributed by atoms with van der Waals surface area (Å²) in [4.78, 5) is 7.84. The van der Waals surface area contributed by atoms with E-state index in [1.165, 1.54) is 44.5 Å². The molecule has 266 valence electrons. The molecule has 57 heavy (non-hydrogen) atoms. The molecule has 0 unspecified atom stereocenters. The van der Waals surface area contributed by atoms with Gasteiger partial charge in [0.25, 0.3) is 0 Å². The summed E-state index contributed by atoms with van der Waals surface area (Å²) in [6, 6.07) is 74.5. The molecule has 0 amide bonds. The van der Waals surface area contributed by atoms with Gasteiger partial charge in [-0.05, 0) is 104 Å². The Morgan fingerprint density at radius 1 is 0.368 bits per heavy atom. The van der Waals surface area contributed by atoms with Crippen molar-refractivity contribution in [2.24, 2.45) is 0 Å². The van der Waals surface area contributed by atoms with Gasteiger partial charge in [-0.25, -0.2) is 4.98 Å². The Morgan fingerprint density at radius 3 is 1.72 bits per heavy atom. The second-order valence-electron chi connectivity index (χ2n) is 15.1. The first kappa shape index (κ1) is 31.8. The molecule has 10 aromatic rings. The van der Waals surface area contributed by atoms with Crippen molar-refractivity contribution in [2.45, 2.75) is 5.41 Å². The number of furan rings is 1. The molecule has 0 bridgehead atoms. The predicted octanol–water partition coefficient (Wildman–Crippen LogP) is 14.1. The van der Waals surface area contributed by atoms with Crippen LogP contribution in [0.3, 0.4) is 0 Å². The highest BCUT2D eigenvalue weighted by atomic mass is 16.3. The minimum atomic E-state index is -0.543. The number of pyridine rings is 1. The average molecular weight is 727 g/mol. The zero-order chi connectivity index (χ0) is 37.5. The Balaban J connectivity index is 1.09. The standard InChI is InChI=1S/C54H34N2O/c1-3-15-35(16-4-1)39-33-48(36-17-5-2-6-18-36)55-53(34-39)56-49-24-12-10-22-46(49)54(47-23-11-13-25-50(47)56)44-21-9-7-19-40(44)42-31-37(27-29-45(42)54)38-28-30-52-43(32-38)41-20-8-14-26-51(41)57-52/h1-34H. The number of aromatic nitrogens is 1. The maximum atomic E-state index is 6.20. The van der Waals surface area contributed by atoms with Gasteiger partial charge in [0.15, 0.2) is 0 Å². The molecule has 8 aromatic carbocycles. The molecule has 3 nitrogen and oxygen atoms in total. The number of anilines is 3. The van der Waals surface area contributed by atoms with Crippen molar-refractivity contribution in [3.63, 3.8) is 0 Å². The Bertz CT molecular complexity index is 3090. The lowest BCUT2D eigenvalue weighted by Gasteiger charge is -2.44. The molecule has 2 aliphatic rings. The van der Waals surface area contributed by atoms with E-state index >= 15 is 0 Å². The molecule has 0 saturated carbocycles. The number of rotatable bonds is 4. The molecular formula is C54H34N2O. The second kappa shape index (κ2) is 12.3. The van der Waals surface area contributed by atoms with Crippen molar-refractivity contribution in [3.05, 3.63) is 229 Å². The van der Waals surface area contributed by atoms with Crippen LogP contribution in [-0.2, 0) is 5.41 Å². The first-order valence-electron chi connectivity index (χ1n) is 19.5. The number of hydrogen-bond donors (Lipinski definition) is 0. The van der Waals surface area contributed by atoms with Crippen LogP contribution in [0.1, 0.15) is 22.3 Å². The molecule has 0 radical (unpaired) electrons. The Morgan fingerprint density at radius 2 is 0.947 bits per heavy atom. The minimum absolute atomic E-state index is 0.543. The normalized spacial score (nSPS) is 13.4. The molecule has 0 atom stereocenters. The summed E-state index contributed by atoms with van der Waals surface area (Å²) in [7, 11) is 0. The predicted molar refractivity (Wildman–Crippen MR) is 233 cm³/mol. The van der Waals surface area contributed by atoms with Gasteiger partial charge in [-0.3, -0.25) is 4.90 Å². The maximum absolute atomic E-state index is 6.20. The molecule has 1 spiro atoms. The smallest absolute Gasteiger partial charge is 0.138 e. The molecule has 3 heterocycles. The molecule has 1 aliphatic carbocycles. The van der Waals surface area contributed by atoms with Gasteiger partial charge in [-0.1, -0.05) is 158 Å². The lowest BCUT2D eigenvalue weighted by Crippen LogP contribution is -2.36. The molecule has 0 fully saturated rings. The summed E-state index contributed by atoms with van der Waals surface area (Å²) in [5.41, 5.74) is 17.8. The number of nitrogens with zero attached hydrogens (tertiary/aromatic N) is 2. The minimum Gasteiger partial charge on any atom is -0.456 e. The second-order valence-corrected chi connectivity index (χ2v) is 15.1. The van der Waals surface area contributed by atoms with E-state index in [2.05, 4.69) is 199 Å². The van der Waals surface area contributed by atoms with Crippen molar-refractivity contribution in [2.75, 3.05) is 4.90 Å². The zero-order valence-electron chi connectivity index (χ0n) is 30.9. The van der Waals surface area contributed by atoms with Crippen LogP contribution in [0.4, 0.5) is 17.2 Å². The first-order chi connectivity index (χ1) is 28.3. The lowest BCUT2D eigenvalue weighted by atomic mass is 9.64. The summed E-state index contributed by atoms with van der Waals surface area (Å²) in [5.74, 6) is 0.883. The number of fused-ring (bicyclic) bond motifs is 12. The summed E-state index contributed by atoms with van der Waals surface area (Å²) < 4.78 is 6.20. The largest absolute Gasteiger partial charge is 0.456 e. The van der Waals surface area contributed by atoms with Gasteiger partial charge in [0.05, 0.1) is 22.5 Å². The van der Waals surface area contributed by atoms with E-state index < -0.39 is 5.41 Å². The van der Waals surface area contributed by atoms with E-state index in [4.69, 9.17) is 9.40 Å². The third-order valence-electron chi connectivity index (χ3n) is 12.1. The molecule has 0 saturated heterocycles. The van der Waals surface area contributed by atoms with E-state index in [-0.39, 0.29) is 0 Å². The monoisotopic (exact) mass is 726 g/mol. The van der Waals surface area contributed by atoms with Crippen molar-refractivity contribution in [1.82, 2.24) is 4.98 Å². The van der Waals surface area contributed by atoms with Crippen molar-refractivity contribution >= 4 is 39.1 Å². The van der Waals surface area contributed by atoms with Gasteiger partial charge in [0.1, 0.15) is 17.0 Å². The molecule has 2 aromatic heterocycles. The van der Waals surface area contributed by atoms with Gasteiger partial charge in [-0.15, -0.1) is 0 Å². The Hall–Kier alpha value is -7.49.